The Morgan fingerprint density at radius 3 is 2.68 bits per heavy atom. The summed E-state index contributed by atoms with van der Waals surface area (Å²) in [7, 11) is 1.69. The number of benzene rings is 1. The van der Waals surface area contributed by atoms with Gasteiger partial charge in [-0.3, -0.25) is 0 Å². The summed E-state index contributed by atoms with van der Waals surface area (Å²) in [4.78, 5) is 0. The van der Waals surface area contributed by atoms with Gasteiger partial charge in [-0.1, -0.05) is 6.07 Å². The summed E-state index contributed by atoms with van der Waals surface area (Å²) in [6.07, 6.45) is 7.39. The van der Waals surface area contributed by atoms with E-state index in [2.05, 4.69) is 32.7 Å². The molecule has 7 heteroatoms. The molecule has 2 aliphatic rings. The van der Waals surface area contributed by atoms with Gasteiger partial charge >= 0.3 is 0 Å². The predicted molar refractivity (Wildman–Crippen MR) is 106 cm³/mol. The number of anilines is 1. The van der Waals surface area contributed by atoms with Crippen molar-refractivity contribution in [2.75, 3.05) is 12.4 Å². The first-order valence-electron chi connectivity index (χ1n) is 10.1. The van der Waals surface area contributed by atoms with Crippen LogP contribution in [0.4, 0.5) is 5.82 Å². The smallest absolute Gasteiger partial charge is 0.178 e. The minimum atomic E-state index is 0.302. The predicted octanol–water partition coefficient (Wildman–Crippen LogP) is 3.94. The maximum Gasteiger partial charge on any atom is 0.178 e. The lowest BCUT2D eigenvalue weighted by atomic mass is 10.2. The van der Waals surface area contributed by atoms with Crippen molar-refractivity contribution >= 4 is 11.5 Å². The van der Waals surface area contributed by atoms with Gasteiger partial charge < -0.3 is 14.8 Å². The van der Waals surface area contributed by atoms with Crippen molar-refractivity contribution in [3.05, 3.63) is 41.7 Å². The van der Waals surface area contributed by atoms with Crippen molar-refractivity contribution in [1.82, 2.24) is 19.8 Å². The number of aromatic nitrogens is 4. The van der Waals surface area contributed by atoms with Gasteiger partial charge in [-0.05, 0) is 68.4 Å². The normalized spacial score (nSPS) is 17.2. The van der Waals surface area contributed by atoms with Crippen LogP contribution in [-0.4, -0.2) is 33.0 Å². The molecule has 28 heavy (non-hydrogen) atoms. The molecule has 2 aromatic heterocycles. The Labute approximate surface area is 164 Å². The van der Waals surface area contributed by atoms with Gasteiger partial charge in [-0.2, -0.15) is 4.52 Å². The molecule has 2 heterocycles. The zero-order valence-corrected chi connectivity index (χ0v) is 16.1. The van der Waals surface area contributed by atoms with E-state index in [0.717, 1.165) is 47.2 Å². The Hall–Kier alpha value is -2.83. The number of hydrogen-bond donors (Lipinski definition) is 1. The molecule has 0 amide bonds. The van der Waals surface area contributed by atoms with Gasteiger partial charge in [0.1, 0.15) is 5.82 Å². The maximum absolute atomic E-state index is 6.20. The highest BCUT2D eigenvalue weighted by Gasteiger charge is 2.29. The first-order chi connectivity index (χ1) is 13.8. The van der Waals surface area contributed by atoms with Crippen molar-refractivity contribution in [3.8, 4) is 11.5 Å². The molecule has 2 saturated carbocycles. The van der Waals surface area contributed by atoms with E-state index in [9.17, 15) is 0 Å². The Bertz CT molecular complexity index is 976. The molecule has 2 aliphatic carbocycles. The summed E-state index contributed by atoms with van der Waals surface area (Å²) < 4.78 is 13.5. The molecule has 5 rings (SSSR count). The van der Waals surface area contributed by atoms with Gasteiger partial charge in [0.05, 0.1) is 13.2 Å². The lowest BCUT2D eigenvalue weighted by Gasteiger charge is -2.17. The fourth-order valence-corrected chi connectivity index (χ4v) is 3.80. The van der Waals surface area contributed by atoms with Gasteiger partial charge in [-0.15, -0.1) is 15.3 Å². The molecule has 0 aliphatic heterocycles. The summed E-state index contributed by atoms with van der Waals surface area (Å²) in [5.41, 5.74) is 1.92. The van der Waals surface area contributed by atoms with Crippen molar-refractivity contribution in [2.24, 2.45) is 0 Å². The average Bonchev–Trinajstić information content (AvgIpc) is 3.27. The minimum Gasteiger partial charge on any atom is -0.493 e. The Morgan fingerprint density at radius 2 is 1.89 bits per heavy atom. The fourth-order valence-electron chi connectivity index (χ4n) is 3.80. The number of fused-ring (bicyclic) bond motifs is 1. The van der Waals surface area contributed by atoms with E-state index < -0.39 is 0 Å². The number of rotatable bonds is 7. The second-order valence-electron chi connectivity index (χ2n) is 7.68. The van der Waals surface area contributed by atoms with Crippen LogP contribution in [0.5, 0.6) is 11.5 Å². The van der Waals surface area contributed by atoms with Crippen LogP contribution in [0.3, 0.4) is 0 Å². The van der Waals surface area contributed by atoms with Crippen molar-refractivity contribution in [1.29, 1.82) is 0 Å². The van der Waals surface area contributed by atoms with Crippen LogP contribution in [0, 0.1) is 0 Å². The summed E-state index contributed by atoms with van der Waals surface area (Å²) in [5.74, 6) is 3.90. The minimum absolute atomic E-state index is 0.302. The number of nitrogens with one attached hydrogen (secondary N) is 1. The fraction of sp³-hybridized carbons (Fsp3) is 0.476. The molecule has 7 nitrogen and oxygen atoms in total. The summed E-state index contributed by atoms with van der Waals surface area (Å²) in [6.45, 7) is 0.657. The third-order valence-corrected chi connectivity index (χ3v) is 5.53. The summed E-state index contributed by atoms with van der Waals surface area (Å²) in [5, 5.41) is 16.6. The first kappa shape index (κ1) is 17.3. The SMILES string of the molecule is COc1ccc(CNc2ccc3nnc(C4CC4)n3n2)cc1OC1CCCC1. The van der Waals surface area contributed by atoms with Gasteiger partial charge in [0.15, 0.2) is 23.0 Å². The highest BCUT2D eigenvalue weighted by atomic mass is 16.5. The van der Waals surface area contributed by atoms with E-state index in [0.29, 0.717) is 18.6 Å². The third kappa shape index (κ3) is 3.48. The number of ether oxygens (including phenoxy) is 2. The molecule has 0 atom stereocenters. The molecule has 3 aromatic rings. The van der Waals surface area contributed by atoms with Gasteiger partial charge in [0.25, 0.3) is 0 Å². The first-order valence-corrected chi connectivity index (χ1v) is 10.1. The summed E-state index contributed by atoms with van der Waals surface area (Å²) in [6, 6.07) is 10.00. The molecule has 0 bridgehead atoms. The van der Waals surface area contributed by atoms with Crippen molar-refractivity contribution < 1.29 is 9.47 Å². The zero-order chi connectivity index (χ0) is 18.9. The van der Waals surface area contributed by atoms with Crippen LogP contribution in [0.15, 0.2) is 30.3 Å². The largest absolute Gasteiger partial charge is 0.493 e. The van der Waals surface area contributed by atoms with E-state index in [1.165, 1.54) is 25.7 Å². The molecular weight excluding hydrogens is 354 g/mol. The van der Waals surface area contributed by atoms with E-state index >= 15 is 0 Å². The van der Waals surface area contributed by atoms with E-state index in [4.69, 9.17) is 9.47 Å². The van der Waals surface area contributed by atoms with E-state index in [1.807, 2.05) is 22.7 Å². The van der Waals surface area contributed by atoms with Crippen molar-refractivity contribution in [3.63, 3.8) is 0 Å². The Morgan fingerprint density at radius 1 is 1.04 bits per heavy atom. The molecule has 0 saturated heterocycles. The average molecular weight is 379 g/mol. The Balaban J connectivity index is 1.31. The van der Waals surface area contributed by atoms with E-state index in [1.54, 1.807) is 7.11 Å². The lowest BCUT2D eigenvalue weighted by molar-refractivity contribution is 0.200. The van der Waals surface area contributed by atoms with Crippen LogP contribution in [0.25, 0.3) is 5.65 Å². The summed E-state index contributed by atoms with van der Waals surface area (Å²) >= 11 is 0. The van der Waals surface area contributed by atoms with Gasteiger partial charge in [-0.25, -0.2) is 0 Å². The van der Waals surface area contributed by atoms with Crippen LogP contribution in [0.2, 0.25) is 0 Å². The van der Waals surface area contributed by atoms with Crippen LogP contribution in [-0.2, 0) is 6.54 Å². The molecule has 1 aromatic carbocycles. The van der Waals surface area contributed by atoms with Gasteiger partial charge in [0.2, 0.25) is 0 Å². The molecule has 1 N–H and O–H groups in total. The highest BCUT2D eigenvalue weighted by molar-refractivity contribution is 5.47. The van der Waals surface area contributed by atoms with Crippen LogP contribution >= 0.6 is 0 Å². The number of methoxy groups -OCH3 is 1. The third-order valence-electron chi connectivity index (χ3n) is 5.53. The van der Waals surface area contributed by atoms with E-state index in [-0.39, 0.29) is 0 Å². The van der Waals surface area contributed by atoms with Crippen LogP contribution < -0.4 is 14.8 Å². The van der Waals surface area contributed by atoms with Gasteiger partial charge in [0, 0.05) is 12.5 Å². The second-order valence-corrected chi connectivity index (χ2v) is 7.68. The quantitative estimate of drug-likeness (QED) is 0.670. The lowest BCUT2D eigenvalue weighted by Crippen LogP contribution is -2.12. The molecule has 0 radical (unpaired) electrons. The second kappa shape index (κ2) is 7.30. The molecular formula is C21H25N5O2. The number of nitrogens with zero attached hydrogens (tertiary/aromatic N) is 4. The Kier molecular flexibility index (Phi) is 4.50. The molecule has 0 unspecified atom stereocenters. The topological polar surface area (TPSA) is 73.6 Å². The molecule has 146 valence electrons. The molecule has 0 spiro atoms. The standard InChI is InChI=1S/C21H25N5O2/c1-27-17-9-6-14(12-18(17)28-16-4-2-3-5-16)13-22-19-10-11-20-23-24-21(15-7-8-15)26(20)25-19/h6,9-12,15-16H,2-5,7-8,13H2,1H3,(H,22,25). The zero-order valence-electron chi connectivity index (χ0n) is 16.1. The maximum atomic E-state index is 6.20. The highest BCUT2D eigenvalue weighted by Crippen LogP contribution is 2.38. The van der Waals surface area contributed by atoms with Crippen LogP contribution in [0.1, 0.15) is 55.8 Å². The number of hydrogen-bond acceptors (Lipinski definition) is 6. The van der Waals surface area contributed by atoms with Crippen molar-refractivity contribution in [2.45, 2.75) is 57.1 Å². The molecule has 2 fully saturated rings. The monoisotopic (exact) mass is 379 g/mol.